The minimum atomic E-state index is -1.24. The molecule has 1 N–H and O–H groups in total. The van der Waals surface area contributed by atoms with E-state index in [1.165, 1.54) is 31.6 Å². The maximum atomic E-state index is 11.9. The quantitative estimate of drug-likeness (QED) is 0.523. The van der Waals surface area contributed by atoms with E-state index in [-0.39, 0.29) is 5.57 Å². The molecule has 1 aromatic carbocycles. The normalized spacial score (nSPS) is 16.4. The summed E-state index contributed by atoms with van der Waals surface area (Å²) in [6.07, 6.45) is 1.30. The number of anilines is 1. The van der Waals surface area contributed by atoms with Gasteiger partial charge in [-0.3, -0.25) is 0 Å². The lowest BCUT2D eigenvalue weighted by atomic mass is 10.1. The van der Waals surface area contributed by atoms with E-state index < -0.39 is 17.7 Å². The molecule has 6 nitrogen and oxygen atoms in total. The summed E-state index contributed by atoms with van der Waals surface area (Å²) in [5.74, 6) is -2.66. The zero-order valence-electron chi connectivity index (χ0n) is 13.5. The third kappa shape index (κ3) is 3.46. The highest BCUT2D eigenvalue weighted by Crippen LogP contribution is 2.27. The topological polar surface area (TPSA) is 77.5 Å². The van der Waals surface area contributed by atoms with Gasteiger partial charge in [-0.05, 0) is 42.2 Å². The van der Waals surface area contributed by atoms with Gasteiger partial charge in [0.2, 0.25) is 0 Å². The number of nitrogens with zero attached hydrogens (tertiary/aromatic N) is 1. The highest BCUT2D eigenvalue weighted by molar-refractivity contribution is 7.09. The number of hydrogen-bond acceptors (Lipinski definition) is 7. The van der Waals surface area contributed by atoms with Crippen LogP contribution in [0, 0.1) is 6.92 Å². The average Bonchev–Trinajstić information content (AvgIpc) is 2.92. The zero-order chi connectivity index (χ0) is 17.3. The van der Waals surface area contributed by atoms with Gasteiger partial charge >= 0.3 is 11.9 Å². The van der Waals surface area contributed by atoms with Crippen LogP contribution in [0.25, 0.3) is 10.4 Å². The van der Waals surface area contributed by atoms with Crippen molar-refractivity contribution in [3.8, 4) is 10.4 Å². The van der Waals surface area contributed by atoms with Crippen LogP contribution in [0.1, 0.15) is 19.5 Å². The molecule has 1 saturated heterocycles. The SMILES string of the molecule is Cc1cc(-c2cccc(NC=C3C(=O)OC(C)(C)OC3=O)c2)sn1. The maximum Gasteiger partial charge on any atom is 0.350 e. The van der Waals surface area contributed by atoms with E-state index in [4.69, 9.17) is 9.47 Å². The van der Waals surface area contributed by atoms with Crippen LogP contribution in [-0.4, -0.2) is 22.1 Å². The molecule has 2 heterocycles. The van der Waals surface area contributed by atoms with Gasteiger partial charge in [-0.1, -0.05) is 12.1 Å². The summed E-state index contributed by atoms with van der Waals surface area (Å²) in [6.45, 7) is 4.95. The van der Waals surface area contributed by atoms with Crippen LogP contribution >= 0.6 is 11.5 Å². The number of rotatable bonds is 3. The number of benzene rings is 1. The van der Waals surface area contributed by atoms with Crippen molar-refractivity contribution in [3.63, 3.8) is 0 Å². The first kappa shape index (κ1) is 16.2. The van der Waals surface area contributed by atoms with Crippen LogP contribution in [0.2, 0.25) is 0 Å². The minimum absolute atomic E-state index is 0.173. The van der Waals surface area contributed by atoms with Gasteiger partial charge in [0.15, 0.2) is 5.57 Å². The van der Waals surface area contributed by atoms with Crippen molar-refractivity contribution in [2.24, 2.45) is 0 Å². The molecule has 1 aliphatic heterocycles. The average molecular weight is 344 g/mol. The smallest absolute Gasteiger partial charge is 0.350 e. The van der Waals surface area contributed by atoms with Crippen LogP contribution in [0.4, 0.5) is 5.69 Å². The predicted octanol–water partition coefficient (Wildman–Crippen LogP) is 3.25. The van der Waals surface area contributed by atoms with Gasteiger partial charge in [-0.2, -0.15) is 4.37 Å². The Morgan fingerprint density at radius 3 is 2.50 bits per heavy atom. The number of hydrogen-bond donors (Lipinski definition) is 1. The molecule has 0 radical (unpaired) electrons. The summed E-state index contributed by atoms with van der Waals surface area (Å²) >= 11 is 1.42. The second kappa shape index (κ2) is 6.09. The highest BCUT2D eigenvalue weighted by atomic mass is 32.1. The lowest BCUT2D eigenvalue weighted by molar-refractivity contribution is -0.222. The Labute approximate surface area is 143 Å². The van der Waals surface area contributed by atoms with E-state index >= 15 is 0 Å². The van der Waals surface area contributed by atoms with Crippen molar-refractivity contribution < 1.29 is 19.1 Å². The standard InChI is InChI=1S/C17H16N2O4S/c1-10-7-14(24-19-10)11-5-4-6-12(8-11)18-9-13-15(20)22-17(2,3)23-16(13)21/h4-9,18H,1-3H3. The Balaban J connectivity index is 1.79. The van der Waals surface area contributed by atoms with Crippen molar-refractivity contribution in [1.29, 1.82) is 0 Å². The fourth-order valence-electron chi connectivity index (χ4n) is 2.20. The molecular formula is C17H16N2O4S. The van der Waals surface area contributed by atoms with Gasteiger partial charge in [-0.25, -0.2) is 9.59 Å². The summed E-state index contributed by atoms with van der Waals surface area (Å²) in [5.41, 5.74) is 2.52. The first-order chi connectivity index (χ1) is 11.3. The van der Waals surface area contributed by atoms with Crippen LogP contribution in [0.15, 0.2) is 42.1 Å². The van der Waals surface area contributed by atoms with Gasteiger partial charge in [-0.15, -0.1) is 0 Å². The van der Waals surface area contributed by atoms with E-state index in [0.29, 0.717) is 0 Å². The van der Waals surface area contributed by atoms with E-state index in [1.807, 2.05) is 37.3 Å². The number of esters is 2. The molecule has 0 unspecified atom stereocenters. The summed E-state index contributed by atoms with van der Waals surface area (Å²) in [4.78, 5) is 24.8. The first-order valence-corrected chi connectivity index (χ1v) is 8.08. The summed E-state index contributed by atoms with van der Waals surface area (Å²) in [6, 6.07) is 9.59. The Morgan fingerprint density at radius 1 is 1.17 bits per heavy atom. The van der Waals surface area contributed by atoms with Gasteiger partial charge in [0.25, 0.3) is 5.79 Å². The number of carbonyl (C=O) groups is 2. The number of cyclic esters (lactones) is 2. The number of aromatic nitrogens is 1. The van der Waals surface area contributed by atoms with Crippen LogP contribution < -0.4 is 5.32 Å². The van der Waals surface area contributed by atoms with E-state index in [0.717, 1.165) is 21.8 Å². The number of nitrogens with one attached hydrogen (secondary N) is 1. The molecule has 24 heavy (non-hydrogen) atoms. The third-order valence-corrected chi connectivity index (χ3v) is 4.20. The molecule has 2 aromatic rings. The summed E-state index contributed by atoms with van der Waals surface area (Å²) < 4.78 is 14.4. The molecule has 7 heteroatoms. The molecule has 1 fully saturated rings. The molecule has 0 bridgehead atoms. The molecule has 0 aliphatic carbocycles. The molecule has 0 spiro atoms. The molecule has 1 aliphatic rings. The Bertz CT molecular complexity index is 817. The number of carbonyl (C=O) groups excluding carboxylic acids is 2. The van der Waals surface area contributed by atoms with Crippen molar-refractivity contribution in [2.75, 3.05) is 5.32 Å². The van der Waals surface area contributed by atoms with Gasteiger partial charge in [0.1, 0.15) is 0 Å². The summed E-state index contributed by atoms with van der Waals surface area (Å²) in [7, 11) is 0. The molecule has 0 saturated carbocycles. The molecule has 124 valence electrons. The predicted molar refractivity (Wildman–Crippen MR) is 90.3 cm³/mol. The Hall–Kier alpha value is -2.67. The number of aryl methyl sites for hydroxylation is 1. The van der Waals surface area contributed by atoms with Gasteiger partial charge < -0.3 is 14.8 Å². The Kier molecular flexibility index (Phi) is 4.11. The van der Waals surface area contributed by atoms with Crippen LogP contribution in [0.5, 0.6) is 0 Å². The van der Waals surface area contributed by atoms with Crippen LogP contribution in [0.3, 0.4) is 0 Å². The van der Waals surface area contributed by atoms with E-state index in [1.54, 1.807) is 0 Å². The summed E-state index contributed by atoms with van der Waals surface area (Å²) in [5, 5.41) is 2.94. The van der Waals surface area contributed by atoms with Gasteiger partial charge in [0, 0.05) is 25.7 Å². The molecule has 1 aromatic heterocycles. The largest absolute Gasteiger partial charge is 0.419 e. The van der Waals surface area contributed by atoms with Crippen molar-refractivity contribution >= 4 is 29.2 Å². The van der Waals surface area contributed by atoms with Crippen LogP contribution in [-0.2, 0) is 19.1 Å². The second-order valence-electron chi connectivity index (χ2n) is 5.79. The van der Waals surface area contributed by atoms with Crippen molar-refractivity contribution in [3.05, 3.63) is 47.8 Å². The van der Waals surface area contributed by atoms with Crippen molar-refractivity contribution in [2.45, 2.75) is 26.6 Å². The van der Waals surface area contributed by atoms with E-state index in [9.17, 15) is 9.59 Å². The monoisotopic (exact) mass is 344 g/mol. The van der Waals surface area contributed by atoms with E-state index in [2.05, 4.69) is 9.69 Å². The second-order valence-corrected chi connectivity index (χ2v) is 6.60. The zero-order valence-corrected chi connectivity index (χ0v) is 14.3. The van der Waals surface area contributed by atoms with Gasteiger partial charge in [0.05, 0.1) is 10.6 Å². The first-order valence-electron chi connectivity index (χ1n) is 7.31. The third-order valence-electron chi connectivity index (χ3n) is 3.28. The fourth-order valence-corrected chi connectivity index (χ4v) is 2.95. The highest BCUT2D eigenvalue weighted by Gasteiger charge is 2.38. The number of ether oxygens (including phenoxy) is 2. The fraction of sp³-hybridized carbons (Fsp3) is 0.235. The lowest BCUT2D eigenvalue weighted by Gasteiger charge is -2.29. The molecule has 3 rings (SSSR count). The Morgan fingerprint density at radius 2 is 1.88 bits per heavy atom. The lowest BCUT2D eigenvalue weighted by Crippen LogP contribution is -2.42. The molecular weight excluding hydrogens is 328 g/mol. The molecule has 0 amide bonds. The molecule has 0 atom stereocenters. The minimum Gasteiger partial charge on any atom is -0.419 e. The van der Waals surface area contributed by atoms with Crippen molar-refractivity contribution in [1.82, 2.24) is 4.37 Å². The maximum absolute atomic E-state index is 11.9.